The van der Waals surface area contributed by atoms with Gasteiger partial charge in [0.25, 0.3) is 0 Å². The summed E-state index contributed by atoms with van der Waals surface area (Å²) in [5, 5.41) is 21.7. The van der Waals surface area contributed by atoms with Gasteiger partial charge in [0.05, 0.1) is 4.86 Å². The molecule has 0 saturated carbocycles. The Hall–Kier alpha value is -2.67. The van der Waals surface area contributed by atoms with Gasteiger partial charge >= 0.3 is 0 Å². The summed E-state index contributed by atoms with van der Waals surface area (Å²) in [6.07, 6.45) is 0. The molecule has 0 aliphatic rings. The molecule has 4 aromatic rings. The molecule has 0 bridgehead atoms. The van der Waals surface area contributed by atoms with Crippen molar-refractivity contribution >= 4 is 39.1 Å². The fourth-order valence-corrected chi connectivity index (χ4v) is 2.58. The number of aromatic nitrogens is 6. The van der Waals surface area contributed by atoms with Crippen molar-refractivity contribution in [3.05, 3.63) is 47.5 Å². The molecule has 0 atom stereocenters. The van der Waals surface area contributed by atoms with Crippen LogP contribution < -0.4 is 0 Å². The number of para-hydroxylation sites is 2. The Bertz CT molecular complexity index is 862. The number of rotatable bonds is 2. The first-order valence-corrected chi connectivity index (χ1v) is 6.39. The van der Waals surface area contributed by atoms with E-state index in [0.29, 0.717) is 4.86 Å². The van der Waals surface area contributed by atoms with Gasteiger partial charge in [0, 0.05) is 11.1 Å². The molecule has 0 unspecified atom stereocenters. The van der Waals surface area contributed by atoms with E-state index in [9.17, 15) is 0 Å². The van der Waals surface area contributed by atoms with Gasteiger partial charge in [0.2, 0.25) is 0 Å². The lowest BCUT2D eigenvalue weighted by molar-refractivity contribution is 0.959. The van der Waals surface area contributed by atoms with Gasteiger partial charge < -0.3 is 0 Å². The van der Waals surface area contributed by atoms with Crippen molar-refractivity contribution in [3.8, 4) is 0 Å². The third-order valence-electron chi connectivity index (χ3n) is 3.18. The highest BCUT2D eigenvalue weighted by Gasteiger charge is 2.15. The monoisotopic (exact) mass is 280 g/mol. The third-order valence-corrected chi connectivity index (χ3v) is 3.62. The van der Waals surface area contributed by atoms with Crippen molar-refractivity contribution in [3.63, 3.8) is 0 Å². The van der Waals surface area contributed by atoms with Gasteiger partial charge in [-0.05, 0) is 12.1 Å². The van der Waals surface area contributed by atoms with Gasteiger partial charge in [0.15, 0.2) is 0 Å². The van der Waals surface area contributed by atoms with Crippen molar-refractivity contribution in [2.24, 2.45) is 0 Å². The number of aromatic amines is 2. The summed E-state index contributed by atoms with van der Waals surface area (Å²) in [4.78, 5) is 0.684. The van der Waals surface area contributed by atoms with Crippen LogP contribution >= 0.6 is 12.2 Å². The fraction of sp³-hybridized carbons (Fsp3) is 0. The van der Waals surface area contributed by atoms with Gasteiger partial charge in [0.1, 0.15) is 22.1 Å². The van der Waals surface area contributed by atoms with Gasteiger partial charge in [-0.15, -0.1) is 0 Å². The van der Waals surface area contributed by atoms with Crippen LogP contribution in [0.4, 0.5) is 0 Å². The van der Waals surface area contributed by atoms with E-state index in [4.69, 9.17) is 12.2 Å². The number of thiocarbonyl (C=S) groups is 1. The Morgan fingerprint density at radius 1 is 0.750 bits per heavy atom. The minimum absolute atomic E-state index is 0.684. The summed E-state index contributed by atoms with van der Waals surface area (Å²) in [7, 11) is 0. The molecular formula is C13H8N6S. The van der Waals surface area contributed by atoms with Crippen LogP contribution in [0.15, 0.2) is 36.4 Å². The summed E-state index contributed by atoms with van der Waals surface area (Å²) < 4.78 is 0. The smallest absolute Gasteiger partial charge is 0.121 e. The van der Waals surface area contributed by atoms with E-state index in [0.717, 1.165) is 33.2 Å². The van der Waals surface area contributed by atoms with Crippen molar-refractivity contribution < 1.29 is 0 Å². The van der Waals surface area contributed by atoms with Crippen molar-refractivity contribution in [1.82, 2.24) is 30.8 Å². The lowest BCUT2D eigenvalue weighted by Gasteiger charge is -2.05. The second kappa shape index (κ2) is 4.17. The molecule has 7 heteroatoms. The summed E-state index contributed by atoms with van der Waals surface area (Å²) in [6.45, 7) is 0. The lowest BCUT2D eigenvalue weighted by Crippen LogP contribution is -2.02. The van der Waals surface area contributed by atoms with E-state index < -0.39 is 0 Å². The largest absolute Gasteiger partial charge is 0.197 e. The Labute approximate surface area is 118 Å². The maximum atomic E-state index is 5.61. The number of fused-ring (bicyclic) bond motifs is 2. The van der Waals surface area contributed by atoms with Gasteiger partial charge in [-0.2, -0.15) is 30.8 Å². The van der Waals surface area contributed by atoms with Crippen LogP contribution in [0.1, 0.15) is 11.1 Å². The predicted octanol–water partition coefficient (Wildman–Crippen LogP) is 2.00. The normalized spacial score (nSPS) is 11.2. The van der Waals surface area contributed by atoms with Crippen molar-refractivity contribution in [1.29, 1.82) is 0 Å². The molecule has 2 heterocycles. The average Bonchev–Trinajstić information content (AvgIpc) is 3.13. The molecular weight excluding hydrogens is 272 g/mol. The van der Waals surface area contributed by atoms with Gasteiger partial charge in [-0.3, -0.25) is 0 Å². The van der Waals surface area contributed by atoms with Crippen molar-refractivity contribution in [2.75, 3.05) is 0 Å². The number of nitrogens with zero attached hydrogens (tertiary/aromatic N) is 4. The summed E-state index contributed by atoms with van der Waals surface area (Å²) in [6, 6.07) is 11.5. The first kappa shape index (κ1) is 11.2. The van der Waals surface area contributed by atoms with E-state index >= 15 is 0 Å². The molecule has 0 saturated heterocycles. The topological polar surface area (TPSA) is 83.1 Å². The summed E-state index contributed by atoms with van der Waals surface area (Å²) in [5.41, 5.74) is 4.83. The minimum Gasteiger partial charge on any atom is -0.197 e. The second-order valence-corrected chi connectivity index (χ2v) is 4.73. The zero-order valence-electron chi connectivity index (χ0n) is 10.2. The van der Waals surface area contributed by atoms with Crippen molar-refractivity contribution in [2.45, 2.75) is 0 Å². The SMILES string of the molecule is S=C(c1cccc2n[nH]nc12)c1cccc2n[nH]nc12. The lowest BCUT2D eigenvalue weighted by atomic mass is 10.0. The molecule has 0 fully saturated rings. The third kappa shape index (κ3) is 1.53. The van der Waals surface area contributed by atoms with E-state index in [1.54, 1.807) is 0 Å². The van der Waals surface area contributed by atoms with E-state index in [-0.39, 0.29) is 0 Å². The molecule has 2 aromatic carbocycles. The molecule has 2 aromatic heterocycles. The number of hydrogen-bond donors (Lipinski definition) is 2. The van der Waals surface area contributed by atoms with Crippen LogP contribution in [0.3, 0.4) is 0 Å². The van der Waals surface area contributed by atoms with E-state index in [2.05, 4.69) is 30.8 Å². The molecule has 96 valence electrons. The number of nitrogens with one attached hydrogen (secondary N) is 2. The maximum Gasteiger partial charge on any atom is 0.121 e. The van der Waals surface area contributed by atoms with Gasteiger partial charge in [-0.1, -0.05) is 36.5 Å². The molecule has 6 nitrogen and oxygen atoms in total. The number of H-pyrrole nitrogens is 2. The van der Waals surface area contributed by atoms with Crippen LogP contribution in [-0.2, 0) is 0 Å². The highest BCUT2D eigenvalue weighted by Crippen LogP contribution is 2.22. The van der Waals surface area contributed by atoms with E-state index in [1.807, 2.05) is 36.4 Å². The maximum absolute atomic E-state index is 5.61. The Morgan fingerprint density at radius 3 is 1.75 bits per heavy atom. The zero-order valence-corrected chi connectivity index (χ0v) is 11.0. The summed E-state index contributed by atoms with van der Waals surface area (Å²) in [5.74, 6) is 0. The molecule has 20 heavy (non-hydrogen) atoms. The Kier molecular flexibility index (Phi) is 2.33. The highest BCUT2D eigenvalue weighted by molar-refractivity contribution is 7.81. The van der Waals surface area contributed by atoms with E-state index in [1.165, 1.54) is 0 Å². The fourth-order valence-electron chi connectivity index (χ4n) is 2.25. The van der Waals surface area contributed by atoms with Crippen LogP contribution in [0.2, 0.25) is 0 Å². The molecule has 0 spiro atoms. The zero-order chi connectivity index (χ0) is 13.5. The predicted molar refractivity (Wildman–Crippen MR) is 78.6 cm³/mol. The van der Waals surface area contributed by atoms with Crippen LogP contribution in [-0.4, -0.2) is 35.7 Å². The van der Waals surface area contributed by atoms with Crippen LogP contribution in [0, 0.1) is 0 Å². The molecule has 4 rings (SSSR count). The Morgan fingerprint density at radius 2 is 1.25 bits per heavy atom. The van der Waals surface area contributed by atoms with Gasteiger partial charge in [-0.25, -0.2) is 0 Å². The number of benzene rings is 2. The number of hydrogen-bond acceptors (Lipinski definition) is 5. The standard InChI is InChI=1S/C13H8N6S/c20-13(7-3-1-5-9-11(7)16-18-14-9)8-4-2-6-10-12(8)17-19-15-10/h1-6H,(H,14,16,18)(H,15,17,19). The first-order chi connectivity index (χ1) is 9.84. The minimum atomic E-state index is 0.684. The Balaban J connectivity index is 1.96. The molecule has 2 N–H and O–H groups in total. The van der Waals surface area contributed by atoms with Crippen LogP contribution in [0.5, 0.6) is 0 Å². The highest BCUT2D eigenvalue weighted by atomic mass is 32.1. The first-order valence-electron chi connectivity index (χ1n) is 5.98. The average molecular weight is 280 g/mol. The van der Waals surface area contributed by atoms with Crippen LogP contribution in [0.25, 0.3) is 22.1 Å². The quantitative estimate of drug-likeness (QED) is 0.433. The second-order valence-electron chi connectivity index (χ2n) is 4.32. The molecule has 0 aliphatic carbocycles. The molecule has 0 radical (unpaired) electrons. The molecule has 0 amide bonds. The summed E-state index contributed by atoms with van der Waals surface area (Å²) >= 11 is 5.61. The molecule has 0 aliphatic heterocycles.